The lowest BCUT2D eigenvalue weighted by molar-refractivity contribution is 0.0794. The zero-order chi connectivity index (χ0) is 18.6. The first-order valence-corrected chi connectivity index (χ1v) is 9.49. The first-order valence-electron chi connectivity index (χ1n) is 9.49. The van der Waals surface area contributed by atoms with E-state index in [2.05, 4.69) is 20.6 Å². The van der Waals surface area contributed by atoms with Crippen molar-refractivity contribution in [2.24, 2.45) is 0 Å². The summed E-state index contributed by atoms with van der Waals surface area (Å²) in [6.07, 6.45) is 7.40. The van der Waals surface area contributed by atoms with E-state index >= 15 is 0 Å². The van der Waals surface area contributed by atoms with Crippen LogP contribution in [0.2, 0.25) is 0 Å². The van der Waals surface area contributed by atoms with Crippen LogP contribution in [0.25, 0.3) is 11.0 Å². The molecule has 27 heavy (non-hydrogen) atoms. The third-order valence-corrected chi connectivity index (χ3v) is 5.17. The predicted octanol–water partition coefficient (Wildman–Crippen LogP) is 2.45. The van der Waals surface area contributed by atoms with Crippen LogP contribution in [0.5, 0.6) is 0 Å². The molecule has 2 fully saturated rings. The lowest BCUT2D eigenvalue weighted by Crippen LogP contribution is -2.41. The first-order chi connectivity index (χ1) is 13.2. The Labute approximate surface area is 157 Å². The van der Waals surface area contributed by atoms with Crippen molar-refractivity contribution in [2.75, 3.05) is 24.3 Å². The summed E-state index contributed by atoms with van der Waals surface area (Å²) >= 11 is 0. The van der Waals surface area contributed by atoms with Gasteiger partial charge >= 0.3 is 6.09 Å². The molecule has 1 aromatic heterocycles. The van der Waals surface area contributed by atoms with Gasteiger partial charge in [0.15, 0.2) is 0 Å². The Morgan fingerprint density at radius 3 is 2.67 bits per heavy atom. The van der Waals surface area contributed by atoms with E-state index in [1.165, 1.54) is 0 Å². The zero-order valence-corrected chi connectivity index (χ0v) is 15.2. The maximum absolute atomic E-state index is 12.0. The smallest absolute Gasteiger partial charge is 0.407 e. The molecule has 1 aliphatic heterocycles. The molecule has 0 spiro atoms. The standard InChI is InChI=1S/C19H25N5O3/c20-12-9-16-18(22-7-6-21-16)17(10-12)23-13-1-3-14(4-2-13)24-19(25)27-15-5-8-26-11-15/h6-7,9-10,13-15,23H,1-5,8,11,20H2,(H,24,25). The van der Waals surface area contributed by atoms with Gasteiger partial charge in [0.1, 0.15) is 11.6 Å². The van der Waals surface area contributed by atoms with Crippen molar-refractivity contribution in [3.05, 3.63) is 24.5 Å². The largest absolute Gasteiger partial charge is 0.444 e. The summed E-state index contributed by atoms with van der Waals surface area (Å²) in [5.74, 6) is 0. The van der Waals surface area contributed by atoms with E-state index in [-0.39, 0.29) is 18.2 Å². The van der Waals surface area contributed by atoms with Gasteiger partial charge in [-0.15, -0.1) is 0 Å². The van der Waals surface area contributed by atoms with Crippen LogP contribution in [0.15, 0.2) is 24.5 Å². The number of alkyl carbamates (subject to hydrolysis) is 1. The molecule has 2 aliphatic rings. The minimum atomic E-state index is -0.334. The third kappa shape index (κ3) is 4.39. The van der Waals surface area contributed by atoms with Crippen molar-refractivity contribution in [3.8, 4) is 0 Å². The van der Waals surface area contributed by atoms with E-state index in [4.69, 9.17) is 15.2 Å². The number of hydrogen-bond donors (Lipinski definition) is 3. The average Bonchev–Trinajstić information content (AvgIpc) is 3.16. The molecule has 1 unspecified atom stereocenters. The Bertz CT molecular complexity index is 801. The lowest BCUT2D eigenvalue weighted by atomic mass is 9.91. The molecule has 1 atom stereocenters. The minimum Gasteiger partial charge on any atom is -0.444 e. The topological polar surface area (TPSA) is 111 Å². The normalized spacial score (nSPS) is 25.3. The molecule has 2 aromatic rings. The highest BCUT2D eigenvalue weighted by Gasteiger charge is 2.25. The highest BCUT2D eigenvalue weighted by atomic mass is 16.6. The number of benzene rings is 1. The third-order valence-electron chi connectivity index (χ3n) is 5.17. The van der Waals surface area contributed by atoms with Crippen molar-refractivity contribution >= 4 is 28.5 Å². The number of anilines is 2. The molecule has 1 aliphatic carbocycles. The van der Waals surface area contributed by atoms with E-state index < -0.39 is 0 Å². The van der Waals surface area contributed by atoms with Crippen LogP contribution in [-0.4, -0.2) is 47.5 Å². The summed E-state index contributed by atoms with van der Waals surface area (Å²) in [5.41, 5.74) is 9.19. The molecule has 1 saturated heterocycles. The SMILES string of the molecule is Nc1cc(NC2CCC(NC(=O)OC3CCOC3)CC2)c2nccnc2c1. The molecule has 2 heterocycles. The molecule has 0 bridgehead atoms. The van der Waals surface area contributed by atoms with Gasteiger partial charge in [0.05, 0.1) is 24.4 Å². The summed E-state index contributed by atoms with van der Waals surface area (Å²) in [6, 6.07) is 4.20. The number of ether oxygens (including phenoxy) is 2. The number of nitrogens with one attached hydrogen (secondary N) is 2. The molecule has 1 amide bonds. The van der Waals surface area contributed by atoms with Gasteiger partial charge in [-0.1, -0.05) is 0 Å². The Kier molecular flexibility index (Phi) is 5.24. The van der Waals surface area contributed by atoms with Crippen LogP contribution < -0.4 is 16.4 Å². The second-order valence-electron chi connectivity index (χ2n) is 7.22. The second kappa shape index (κ2) is 7.96. The number of carbonyl (C=O) groups is 1. The predicted molar refractivity (Wildman–Crippen MR) is 102 cm³/mol. The van der Waals surface area contributed by atoms with Crippen molar-refractivity contribution in [1.29, 1.82) is 0 Å². The van der Waals surface area contributed by atoms with E-state index in [1.54, 1.807) is 12.4 Å². The maximum Gasteiger partial charge on any atom is 0.407 e. The Balaban J connectivity index is 1.30. The van der Waals surface area contributed by atoms with E-state index in [1.807, 2.05) is 12.1 Å². The monoisotopic (exact) mass is 371 g/mol. The number of nitrogens with zero attached hydrogens (tertiary/aromatic N) is 2. The average molecular weight is 371 g/mol. The quantitative estimate of drug-likeness (QED) is 0.708. The molecule has 0 radical (unpaired) electrons. The lowest BCUT2D eigenvalue weighted by Gasteiger charge is -2.30. The van der Waals surface area contributed by atoms with Gasteiger partial charge in [0.25, 0.3) is 0 Å². The molecular formula is C19H25N5O3. The highest BCUT2D eigenvalue weighted by molar-refractivity contribution is 5.90. The van der Waals surface area contributed by atoms with E-state index in [0.717, 1.165) is 48.8 Å². The molecule has 8 heteroatoms. The fourth-order valence-electron chi connectivity index (χ4n) is 3.77. The van der Waals surface area contributed by atoms with Crippen molar-refractivity contribution < 1.29 is 14.3 Å². The summed E-state index contributed by atoms with van der Waals surface area (Å²) < 4.78 is 10.6. The van der Waals surface area contributed by atoms with Crippen LogP contribution in [0.3, 0.4) is 0 Å². The van der Waals surface area contributed by atoms with Crippen LogP contribution in [0, 0.1) is 0 Å². The molecule has 4 N–H and O–H groups in total. The summed E-state index contributed by atoms with van der Waals surface area (Å²) in [4.78, 5) is 20.7. The molecule has 4 rings (SSSR count). The maximum atomic E-state index is 12.0. The Morgan fingerprint density at radius 2 is 1.89 bits per heavy atom. The van der Waals surface area contributed by atoms with Crippen LogP contribution in [0.1, 0.15) is 32.1 Å². The Hall–Kier alpha value is -2.61. The number of hydrogen-bond acceptors (Lipinski definition) is 7. The fraction of sp³-hybridized carbons (Fsp3) is 0.526. The van der Waals surface area contributed by atoms with E-state index in [9.17, 15) is 4.79 Å². The van der Waals surface area contributed by atoms with Crippen LogP contribution in [0.4, 0.5) is 16.2 Å². The van der Waals surface area contributed by atoms with Crippen molar-refractivity contribution in [2.45, 2.75) is 50.3 Å². The zero-order valence-electron chi connectivity index (χ0n) is 15.2. The van der Waals surface area contributed by atoms with Crippen LogP contribution in [-0.2, 0) is 9.47 Å². The second-order valence-corrected chi connectivity index (χ2v) is 7.22. The molecule has 144 valence electrons. The molecule has 1 aromatic carbocycles. The number of aromatic nitrogens is 2. The summed E-state index contributed by atoms with van der Waals surface area (Å²) in [7, 11) is 0. The van der Waals surface area contributed by atoms with Crippen LogP contribution >= 0.6 is 0 Å². The number of rotatable bonds is 4. The number of nitrogen functional groups attached to an aromatic ring is 1. The first kappa shape index (κ1) is 17.8. The van der Waals surface area contributed by atoms with Gasteiger partial charge < -0.3 is 25.8 Å². The van der Waals surface area contributed by atoms with Gasteiger partial charge in [-0.2, -0.15) is 0 Å². The summed E-state index contributed by atoms with van der Waals surface area (Å²) in [6.45, 7) is 1.17. The van der Waals surface area contributed by atoms with Gasteiger partial charge in [-0.3, -0.25) is 9.97 Å². The number of nitrogens with two attached hydrogens (primary N) is 1. The molecule has 1 saturated carbocycles. The van der Waals surface area contributed by atoms with Gasteiger partial charge in [-0.25, -0.2) is 4.79 Å². The molecular weight excluding hydrogens is 346 g/mol. The van der Waals surface area contributed by atoms with E-state index in [0.29, 0.717) is 24.9 Å². The van der Waals surface area contributed by atoms with Gasteiger partial charge in [0.2, 0.25) is 0 Å². The van der Waals surface area contributed by atoms with Gasteiger partial charge in [-0.05, 0) is 37.8 Å². The highest BCUT2D eigenvalue weighted by Crippen LogP contribution is 2.28. The number of fused-ring (bicyclic) bond motifs is 1. The minimum absolute atomic E-state index is 0.110. The van der Waals surface area contributed by atoms with Crippen molar-refractivity contribution in [3.63, 3.8) is 0 Å². The Morgan fingerprint density at radius 1 is 1.11 bits per heavy atom. The van der Waals surface area contributed by atoms with Gasteiger partial charge in [0, 0.05) is 36.6 Å². The number of amides is 1. The summed E-state index contributed by atoms with van der Waals surface area (Å²) in [5, 5.41) is 6.54. The van der Waals surface area contributed by atoms with Crippen molar-refractivity contribution in [1.82, 2.24) is 15.3 Å². The molecule has 8 nitrogen and oxygen atoms in total. The fourth-order valence-corrected chi connectivity index (χ4v) is 3.77. The number of carbonyl (C=O) groups excluding carboxylic acids is 1.